The van der Waals surface area contributed by atoms with Gasteiger partial charge in [-0.25, -0.2) is 0 Å². The van der Waals surface area contributed by atoms with Crippen LogP contribution < -0.4 is 9.47 Å². The highest BCUT2D eigenvalue weighted by Crippen LogP contribution is 2.17. The van der Waals surface area contributed by atoms with Gasteiger partial charge in [0.15, 0.2) is 0 Å². The Morgan fingerprint density at radius 1 is 0.955 bits per heavy atom. The smallest absolute Gasteiger partial charge is 0.119 e. The van der Waals surface area contributed by atoms with Gasteiger partial charge in [0.05, 0.1) is 19.8 Å². The van der Waals surface area contributed by atoms with Crippen LogP contribution in [0.2, 0.25) is 0 Å². The summed E-state index contributed by atoms with van der Waals surface area (Å²) in [5.41, 5.74) is 1.13. The van der Waals surface area contributed by atoms with Crippen LogP contribution in [0.5, 0.6) is 11.5 Å². The number of benzene rings is 2. The number of hydrogen-bond donors (Lipinski definition) is 1. The van der Waals surface area contributed by atoms with Crippen LogP contribution in [0.15, 0.2) is 54.6 Å². The maximum atomic E-state index is 9.88. The minimum Gasteiger partial charge on any atom is -0.497 e. The van der Waals surface area contributed by atoms with Gasteiger partial charge in [-0.3, -0.25) is 0 Å². The Balaban J connectivity index is 1.60. The second-order valence-electron chi connectivity index (χ2n) is 4.97. The van der Waals surface area contributed by atoms with Crippen molar-refractivity contribution in [1.82, 2.24) is 0 Å². The molecule has 118 valence electrons. The largest absolute Gasteiger partial charge is 0.497 e. The highest BCUT2D eigenvalue weighted by molar-refractivity contribution is 5.31. The van der Waals surface area contributed by atoms with Crippen LogP contribution in [0.3, 0.4) is 0 Å². The first-order valence-electron chi connectivity index (χ1n) is 7.34. The molecule has 0 radical (unpaired) electrons. The molecule has 0 spiro atoms. The molecule has 0 heterocycles. The van der Waals surface area contributed by atoms with E-state index in [1.807, 2.05) is 54.6 Å². The molecular formula is C18H22O4. The first kappa shape index (κ1) is 16.3. The number of aliphatic hydroxyl groups excluding tert-OH is 1. The van der Waals surface area contributed by atoms with E-state index in [0.29, 0.717) is 25.4 Å². The summed E-state index contributed by atoms with van der Waals surface area (Å²) >= 11 is 0. The van der Waals surface area contributed by atoms with Gasteiger partial charge < -0.3 is 19.3 Å². The van der Waals surface area contributed by atoms with Gasteiger partial charge in [0, 0.05) is 13.0 Å². The molecule has 22 heavy (non-hydrogen) atoms. The number of aliphatic hydroxyl groups is 1. The number of methoxy groups -OCH3 is 1. The van der Waals surface area contributed by atoms with Gasteiger partial charge in [0.25, 0.3) is 0 Å². The van der Waals surface area contributed by atoms with Crippen molar-refractivity contribution >= 4 is 0 Å². The van der Waals surface area contributed by atoms with Crippen molar-refractivity contribution in [3.8, 4) is 11.5 Å². The van der Waals surface area contributed by atoms with Crippen LogP contribution in [0.4, 0.5) is 0 Å². The monoisotopic (exact) mass is 302 g/mol. The molecule has 0 amide bonds. The molecular weight excluding hydrogens is 280 g/mol. The quantitative estimate of drug-likeness (QED) is 0.723. The maximum Gasteiger partial charge on any atom is 0.119 e. The van der Waals surface area contributed by atoms with Crippen LogP contribution in [-0.2, 0) is 11.3 Å². The van der Waals surface area contributed by atoms with Gasteiger partial charge >= 0.3 is 0 Å². The first-order valence-corrected chi connectivity index (χ1v) is 7.34. The van der Waals surface area contributed by atoms with E-state index < -0.39 is 6.10 Å². The summed E-state index contributed by atoms with van der Waals surface area (Å²) in [6.07, 6.45) is 0.000997. The Bertz CT molecular complexity index is 525. The molecule has 2 aromatic carbocycles. The fourth-order valence-corrected chi connectivity index (χ4v) is 1.93. The standard InChI is InChI=1S/C18H22O4/c1-20-17-7-9-18(10-8-17)22-14-16(19)11-12-21-13-15-5-3-2-4-6-15/h2-10,16,19H,11-14H2,1H3/t16-/m1/s1. The summed E-state index contributed by atoms with van der Waals surface area (Å²) in [4.78, 5) is 0. The lowest BCUT2D eigenvalue weighted by atomic mass is 10.2. The van der Waals surface area contributed by atoms with Crippen LogP contribution in [0, 0.1) is 0 Å². The topological polar surface area (TPSA) is 47.9 Å². The Morgan fingerprint density at radius 3 is 2.32 bits per heavy atom. The third kappa shape index (κ3) is 5.76. The van der Waals surface area contributed by atoms with E-state index in [1.54, 1.807) is 7.11 Å². The molecule has 0 bridgehead atoms. The normalized spacial score (nSPS) is 11.9. The van der Waals surface area contributed by atoms with E-state index in [4.69, 9.17) is 14.2 Å². The van der Waals surface area contributed by atoms with Gasteiger partial charge in [-0.1, -0.05) is 30.3 Å². The summed E-state index contributed by atoms with van der Waals surface area (Å²) in [6.45, 7) is 1.32. The maximum absolute atomic E-state index is 9.88. The van der Waals surface area contributed by atoms with E-state index in [2.05, 4.69) is 0 Å². The molecule has 0 aliphatic carbocycles. The third-order valence-electron chi connectivity index (χ3n) is 3.21. The zero-order valence-corrected chi connectivity index (χ0v) is 12.8. The fourth-order valence-electron chi connectivity index (χ4n) is 1.93. The molecule has 0 aliphatic heterocycles. The molecule has 0 saturated carbocycles. The molecule has 2 rings (SSSR count). The Hall–Kier alpha value is -2.04. The van der Waals surface area contributed by atoms with Gasteiger partial charge in [-0.15, -0.1) is 0 Å². The Morgan fingerprint density at radius 2 is 1.64 bits per heavy atom. The molecule has 1 N–H and O–H groups in total. The number of ether oxygens (including phenoxy) is 3. The van der Waals surface area contributed by atoms with Crippen molar-refractivity contribution in [2.75, 3.05) is 20.3 Å². The Kier molecular flexibility index (Phi) is 6.74. The van der Waals surface area contributed by atoms with Crippen molar-refractivity contribution < 1.29 is 19.3 Å². The van der Waals surface area contributed by atoms with Crippen molar-refractivity contribution in [3.63, 3.8) is 0 Å². The van der Waals surface area contributed by atoms with Gasteiger partial charge in [-0.05, 0) is 29.8 Å². The summed E-state index contributed by atoms with van der Waals surface area (Å²) in [5.74, 6) is 1.49. The zero-order chi connectivity index (χ0) is 15.6. The average Bonchev–Trinajstić information content (AvgIpc) is 2.58. The minimum atomic E-state index is -0.544. The lowest BCUT2D eigenvalue weighted by Gasteiger charge is -2.13. The lowest BCUT2D eigenvalue weighted by Crippen LogP contribution is -2.19. The van der Waals surface area contributed by atoms with Crippen molar-refractivity contribution in [2.45, 2.75) is 19.1 Å². The third-order valence-corrected chi connectivity index (χ3v) is 3.21. The highest BCUT2D eigenvalue weighted by Gasteiger charge is 2.05. The second kappa shape index (κ2) is 9.07. The minimum absolute atomic E-state index is 0.251. The molecule has 1 atom stereocenters. The van der Waals surface area contributed by atoms with E-state index in [1.165, 1.54) is 0 Å². The summed E-state index contributed by atoms with van der Waals surface area (Å²) in [5, 5.41) is 9.88. The number of hydrogen-bond acceptors (Lipinski definition) is 4. The summed E-state index contributed by atoms with van der Waals surface area (Å²) < 4.78 is 16.1. The average molecular weight is 302 g/mol. The van der Waals surface area contributed by atoms with Crippen molar-refractivity contribution in [3.05, 3.63) is 60.2 Å². The van der Waals surface area contributed by atoms with Gasteiger partial charge in [0.1, 0.15) is 18.1 Å². The molecule has 4 heteroatoms. The number of rotatable bonds is 9. The van der Waals surface area contributed by atoms with E-state index in [0.717, 1.165) is 11.3 Å². The molecule has 0 aromatic heterocycles. The van der Waals surface area contributed by atoms with Crippen LogP contribution >= 0.6 is 0 Å². The molecule has 0 saturated heterocycles. The first-order chi connectivity index (χ1) is 10.8. The summed E-state index contributed by atoms with van der Waals surface area (Å²) in [7, 11) is 1.62. The second-order valence-corrected chi connectivity index (χ2v) is 4.97. The predicted octanol–water partition coefficient (Wildman–Crippen LogP) is 3.04. The van der Waals surface area contributed by atoms with Gasteiger partial charge in [0.2, 0.25) is 0 Å². The van der Waals surface area contributed by atoms with E-state index in [-0.39, 0.29) is 6.61 Å². The van der Waals surface area contributed by atoms with Crippen LogP contribution in [0.1, 0.15) is 12.0 Å². The summed E-state index contributed by atoms with van der Waals surface area (Å²) in [6, 6.07) is 17.3. The molecule has 4 nitrogen and oxygen atoms in total. The van der Waals surface area contributed by atoms with Crippen molar-refractivity contribution in [1.29, 1.82) is 0 Å². The SMILES string of the molecule is COc1ccc(OC[C@H](O)CCOCc2ccccc2)cc1. The zero-order valence-electron chi connectivity index (χ0n) is 12.8. The van der Waals surface area contributed by atoms with E-state index in [9.17, 15) is 5.11 Å². The highest BCUT2D eigenvalue weighted by atomic mass is 16.5. The molecule has 0 fully saturated rings. The fraction of sp³-hybridized carbons (Fsp3) is 0.333. The lowest BCUT2D eigenvalue weighted by molar-refractivity contribution is 0.0497. The van der Waals surface area contributed by atoms with Crippen molar-refractivity contribution in [2.24, 2.45) is 0 Å². The van der Waals surface area contributed by atoms with Crippen LogP contribution in [-0.4, -0.2) is 31.5 Å². The molecule has 0 aliphatic rings. The Labute approximate surface area is 131 Å². The predicted molar refractivity (Wildman–Crippen MR) is 85.2 cm³/mol. The van der Waals surface area contributed by atoms with E-state index >= 15 is 0 Å². The van der Waals surface area contributed by atoms with Crippen LogP contribution in [0.25, 0.3) is 0 Å². The molecule has 2 aromatic rings. The molecule has 0 unspecified atom stereocenters. The van der Waals surface area contributed by atoms with Gasteiger partial charge in [-0.2, -0.15) is 0 Å².